The quantitative estimate of drug-likeness (QED) is 0.202. The van der Waals surface area contributed by atoms with E-state index in [9.17, 15) is 15.0 Å². The molecule has 0 spiro atoms. The molecule has 0 unspecified atom stereocenters. The highest BCUT2D eigenvalue weighted by molar-refractivity contribution is 6.15. The number of nitrogens with one attached hydrogen (secondary N) is 1. The number of hydrogen-bond acceptors (Lipinski definition) is 5. The number of aromatic hydroxyl groups is 2. The van der Waals surface area contributed by atoms with Gasteiger partial charge in [0.1, 0.15) is 22.9 Å². The van der Waals surface area contributed by atoms with E-state index >= 15 is 0 Å². The lowest BCUT2D eigenvalue weighted by Gasteiger charge is -2.23. The standard InChI is InChI=1S/C29H36N2O4/c1-19(2)9-6-10-20(3)11-7-12-21(4)15-16-31-24-17-22(32)18-26(35-5)28(24)30-27-23(29(31)34)13-8-14-25(27)33/h8-9,11,13-15,17-18,30,32-33H,6-7,10,12,16H2,1-5H3/b20-11+,21-15+. The maximum atomic E-state index is 13.5. The average Bonchev–Trinajstić information content (AvgIpc) is 2.92. The summed E-state index contributed by atoms with van der Waals surface area (Å²) in [6.45, 7) is 8.80. The van der Waals surface area contributed by atoms with Gasteiger partial charge in [-0.15, -0.1) is 0 Å². The Kier molecular flexibility index (Phi) is 8.63. The maximum Gasteiger partial charge on any atom is 0.260 e. The molecule has 0 fully saturated rings. The largest absolute Gasteiger partial charge is 0.508 e. The number of allylic oxidation sites excluding steroid dienone is 5. The summed E-state index contributed by atoms with van der Waals surface area (Å²) >= 11 is 0. The van der Waals surface area contributed by atoms with Crippen LogP contribution in [0.15, 0.2) is 65.3 Å². The van der Waals surface area contributed by atoms with Crippen molar-refractivity contribution in [1.29, 1.82) is 0 Å². The van der Waals surface area contributed by atoms with Crippen LogP contribution in [0.3, 0.4) is 0 Å². The Labute approximate surface area is 208 Å². The van der Waals surface area contributed by atoms with Gasteiger partial charge in [0.15, 0.2) is 0 Å². The number of hydrogen-bond donors (Lipinski definition) is 3. The van der Waals surface area contributed by atoms with Crippen LogP contribution in [-0.4, -0.2) is 29.8 Å². The molecule has 3 rings (SSSR count). The minimum absolute atomic E-state index is 0.00944. The molecule has 186 valence electrons. The van der Waals surface area contributed by atoms with Gasteiger partial charge in [0.25, 0.3) is 5.91 Å². The van der Waals surface area contributed by atoms with Crippen molar-refractivity contribution < 1.29 is 19.7 Å². The van der Waals surface area contributed by atoms with Crippen molar-refractivity contribution in [2.24, 2.45) is 0 Å². The van der Waals surface area contributed by atoms with Gasteiger partial charge in [-0.1, -0.05) is 41.0 Å². The molecule has 1 aliphatic rings. The highest BCUT2D eigenvalue weighted by atomic mass is 16.5. The van der Waals surface area contributed by atoms with E-state index in [2.05, 4.69) is 45.2 Å². The summed E-state index contributed by atoms with van der Waals surface area (Å²) in [5.74, 6) is 0.0687. The first-order chi connectivity index (χ1) is 16.7. The molecule has 6 nitrogen and oxygen atoms in total. The fourth-order valence-corrected chi connectivity index (χ4v) is 4.08. The number of rotatable bonds is 9. The minimum Gasteiger partial charge on any atom is -0.508 e. The highest BCUT2D eigenvalue weighted by Gasteiger charge is 2.30. The molecule has 6 heteroatoms. The van der Waals surface area contributed by atoms with Crippen LogP contribution in [0.25, 0.3) is 0 Å². The zero-order valence-corrected chi connectivity index (χ0v) is 21.3. The van der Waals surface area contributed by atoms with Gasteiger partial charge in [-0.3, -0.25) is 4.79 Å². The second kappa shape index (κ2) is 11.6. The van der Waals surface area contributed by atoms with Crippen molar-refractivity contribution in [3.63, 3.8) is 0 Å². The third-order valence-electron chi connectivity index (χ3n) is 6.09. The van der Waals surface area contributed by atoms with Crippen LogP contribution in [0.5, 0.6) is 17.2 Å². The third-order valence-corrected chi connectivity index (χ3v) is 6.09. The molecule has 0 bridgehead atoms. The van der Waals surface area contributed by atoms with E-state index in [1.54, 1.807) is 17.0 Å². The first kappa shape index (κ1) is 25.9. The summed E-state index contributed by atoms with van der Waals surface area (Å²) in [6, 6.07) is 7.86. The number of amides is 1. The Balaban J connectivity index is 1.83. The fourth-order valence-electron chi connectivity index (χ4n) is 4.08. The minimum atomic E-state index is -0.270. The Bertz CT molecular complexity index is 1170. The van der Waals surface area contributed by atoms with E-state index in [0.717, 1.165) is 25.7 Å². The predicted octanol–water partition coefficient (Wildman–Crippen LogP) is 7.23. The summed E-state index contributed by atoms with van der Waals surface area (Å²) in [4.78, 5) is 15.1. The van der Waals surface area contributed by atoms with Crippen LogP contribution in [0.4, 0.5) is 17.1 Å². The molecule has 35 heavy (non-hydrogen) atoms. The third kappa shape index (κ3) is 6.47. The number of phenols is 2. The van der Waals surface area contributed by atoms with Crippen LogP contribution in [0.2, 0.25) is 0 Å². The van der Waals surface area contributed by atoms with E-state index in [4.69, 9.17) is 4.74 Å². The number of para-hydroxylation sites is 1. The predicted molar refractivity (Wildman–Crippen MR) is 143 cm³/mol. The van der Waals surface area contributed by atoms with Gasteiger partial charge in [-0.25, -0.2) is 0 Å². The molecule has 0 saturated carbocycles. The summed E-state index contributed by atoms with van der Waals surface area (Å²) in [5, 5.41) is 23.9. The van der Waals surface area contributed by atoms with Gasteiger partial charge < -0.3 is 25.2 Å². The second-order valence-electron chi connectivity index (χ2n) is 9.24. The monoisotopic (exact) mass is 476 g/mol. The molecule has 2 aromatic carbocycles. The topological polar surface area (TPSA) is 82.0 Å². The molecule has 1 aliphatic heterocycles. The number of nitrogens with zero attached hydrogens (tertiary/aromatic N) is 1. The molecule has 2 aromatic rings. The van der Waals surface area contributed by atoms with Crippen molar-refractivity contribution in [3.05, 3.63) is 70.8 Å². The second-order valence-corrected chi connectivity index (χ2v) is 9.24. The van der Waals surface area contributed by atoms with E-state index in [-0.39, 0.29) is 17.4 Å². The Morgan fingerprint density at radius 2 is 1.66 bits per heavy atom. The van der Waals surface area contributed by atoms with Crippen molar-refractivity contribution in [3.8, 4) is 17.2 Å². The van der Waals surface area contributed by atoms with Crippen molar-refractivity contribution >= 4 is 23.0 Å². The molecule has 1 amide bonds. The van der Waals surface area contributed by atoms with Crippen LogP contribution >= 0.6 is 0 Å². The van der Waals surface area contributed by atoms with Crippen LogP contribution in [0, 0.1) is 0 Å². The highest BCUT2D eigenvalue weighted by Crippen LogP contribution is 2.46. The van der Waals surface area contributed by atoms with Gasteiger partial charge >= 0.3 is 0 Å². The van der Waals surface area contributed by atoms with Gasteiger partial charge in [0.2, 0.25) is 0 Å². The zero-order valence-electron chi connectivity index (χ0n) is 21.3. The Hall–Kier alpha value is -3.67. The molecule has 0 saturated heterocycles. The number of carbonyl (C=O) groups excluding carboxylic acids is 1. The lowest BCUT2D eigenvalue weighted by atomic mass is 10.1. The van der Waals surface area contributed by atoms with Gasteiger partial charge in [0, 0.05) is 18.7 Å². The lowest BCUT2D eigenvalue weighted by Crippen LogP contribution is -2.30. The zero-order chi connectivity index (χ0) is 25.5. The van der Waals surface area contributed by atoms with Gasteiger partial charge in [0.05, 0.1) is 24.0 Å². The van der Waals surface area contributed by atoms with Crippen molar-refractivity contribution in [2.45, 2.75) is 53.4 Å². The number of carbonyl (C=O) groups is 1. The molecule has 3 N–H and O–H groups in total. The molecule has 0 radical (unpaired) electrons. The van der Waals surface area contributed by atoms with E-state index in [0.29, 0.717) is 34.9 Å². The summed E-state index contributed by atoms with van der Waals surface area (Å²) in [6.07, 6.45) is 10.6. The molecule has 0 aliphatic carbocycles. The van der Waals surface area contributed by atoms with Crippen LogP contribution in [-0.2, 0) is 0 Å². The number of ether oxygens (including phenoxy) is 1. The van der Waals surface area contributed by atoms with Crippen molar-refractivity contribution in [2.75, 3.05) is 23.9 Å². The van der Waals surface area contributed by atoms with Crippen LogP contribution in [0.1, 0.15) is 63.7 Å². The first-order valence-corrected chi connectivity index (χ1v) is 12.0. The van der Waals surface area contributed by atoms with Gasteiger partial charge in [-0.05, 0) is 65.5 Å². The SMILES string of the molecule is COc1cc(O)cc2c1Nc1c(O)cccc1C(=O)N2C/C=C(\C)CC/C=C(\C)CCC=C(C)C. The lowest BCUT2D eigenvalue weighted by molar-refractivity contribution is 0.0991. The van der Waals surface area contributed by atoms with Crippen molar-refractivity contribution in [1.82, 2.24) is 0 Å². The molecule has 0 atom stereocenters. The Morgan fingerprint density at radius 3 is 2.34 bits per heavy atom. The number of anilines is 3. The van der Waals surface area contributed by atoms with E-state index < -0.39 is 0 Å². The van der Waals surface area contributed by atoms with E-state index in [1.807, 2.05) is 6.08 Å². The molecular formula is C29H36N2O4. The molecule has 1 heterocycles. The molecular weight excluding hydrogens is 440 g/mol. The number of phenolic OH excluding ortho intramolecular Hbond substituents is 2. The molecule has 0 aromatic heterocycles. The number of methoxy groups -OCH3 is 1. The summed E-state index contributed by atoms with van der Waals surface area (Å²) in [7, 11) is 1.50. The summed E-state index contributed by atoms with van der Waals surface area (Å²) < 4.78 is 5.46. The normalized spacial score (nSPS) is 13.5. The van der Waals surface area contributed by atoms with E-state index in [1.165, 1.54) is 42.0 Å². The fraction of sp³-hybridized carbons (Fsp3) is 0.345. The first-order valence-electron chi connectivity index (χ1n) is 12.0. The number of benzene rings is 2. The smallest absolute Gasteiger partial charge is 0.260 e. The Morgan fingerprint density at radius 1 is 0.971 bits per heavy atom. The van der Waals surface area contributed by atoms with Gasteiger partial charge in [-0.2, -0.15) is 0 Å². The average molecular weight is 477 g/mol. The maximum absolute atomic E-state index is 13.5. The van der Waals surface area contributed by atoms with Crippen LogP contribution < -0.4 is 15.0 Å². The summed E-state index contributed by atoms with van der Waals surface area (Å²) in [5.41, 5.74) is 5.58. The number of fused-ring (bicyclic) bond motifs is 2.